The van der Waals surface area contributed by atoms with Gasteiger partial charge in [-0.1, -0.05) is 0 Å². The van der Waals surface area contributed by atoms with Gasteiger partial charge in [0.05, 0.1) is 12.2 Å². The Balaban J connectivity index is 1.93. The third kappa shape index (κ3) is 4.24. The number of nitrogens with one attached hydrogen (secondary N) is 2. The molecule has 2 aromatic rings. The lowest BCUT2D eigenvalue weighted by atomic mass is 10.2. The molecule has 0 aliphatic carbocycles. The molecule has 3 N–H and O–H groups in total. The van der Waals surface area contributed by atoms with Gasteiger partial charge < -0.3 is 20.5 Å². The quantitative estimate of drug-likeness (QED) is 0.789. The molecule has 2 amide bonds. The first-order chi connectivity index (χ1) is 10.6. The molecule has 0 heterocycles. The van der Waals surface area contributed by atoms with E-state index in [9.17, 15) is 9.59 Å². The number of anilines is 2. The summed E-state index contributed by atoms with van der Waals surface area (Å²) in [6, 6.07) is 12.5. The van der Waals surface area contributed by atoms with Crippen molar-refractivity contribution in [3.05, 3.63) is 54.1 Å². The zero-order valence-electron chi connectivity index (χ0n) is 12.0. The lowest BCUT2D eigenvalue weighted by molar-refractivity contribution is 0.0697. The molecule has 0 aromatic heterocycles. The van der Waals surface area contributed by atoms with Crippen LogP contribution in [0.15, 0.2) is 48.5 Å². The highest BCUT2D eigenvalue weighted by Gasteiger charge is 2.05. The summed E-state index contributed by atoms with van der Waals surface area (Å²) in [5.41, 5.74) is 1.30. The van der Waals surface area contributed by atoms with E-state index in [1.807, 2.05) is 6.92 Å². The molecule has 0 saturated carbocycles. The first kappa shape index (κ1) is 15.4. The molecule has 0 spiro atoms. The summed E-state index contributed by atoms with van der Waals surface area (Å²) in [4.78, 5) is 22.6. The van der Waals surface area contributed by atoms with E-state index in [0.29, 0.717) is 18.0 Å². The molecule has 0 bridgehead atoms. The number of amides is 2. The number of urea groups is 1. The molecule has 0 atom stereocenters. The van der Waals surface area contributed by atoms with Crippen LogP contribution >= 0.6 is 0 Å². The van der Waals surface area contributed by atoms with Gasteiger partial charge in [-0.25, -0.2) is 9.59 Å². The van der Waals surface area contributed by atoms with Crippen LogP contribution in [0.3, 0.4) is 0 Å². The van der Waals surface area contributed by atoms with Crippen LogP contribution in [0.1, 0.15) is 17.3 Å². The number of rotatable bonds is 5. The molecule has 0 unspecified atom stereocenters. The van der Waals surface area contributed by atoms with Crippen molar-refractivity contribution >= 4 is 23.4 Å². The van der Waals surface area contributed by atoms with Gasteiger partial charge in [-0.05, 0) is 55.5 Å². The van der Waals surface area contributed by atoms with Crippen molar-refractivity contribution in [3.63, 3.8) is 0 Å². The third-order valence-electron chi connectivity index (χ3n) is 2.81. The Morgan fingerprint density at radius 3 is 1.91 bits per heavy atom. The maximum Gasteiger partial charge on any atom is 0.335 e. The van der Waals surface area contributed by atoms with E-state index in [4.69, 9.17) is 9.84 Å². The molecule has 2 rings (SSSR count). The normalized spacial score (nSPS) is 9.86. The number of hydrogen-bond acceptors (Lipinski definition) is 3. The molecule has 2 aromatic carbocycles. The van der Waals surface area contributed by atoms with Gasteiger partial charge in [-0.15, -0.1) is 0 Å². The van der Waals surface area contributed by atoms with E-state index < -0.39 is 12.0 Å². The van der Waals surface area contributed by atoms with E-state index in [0.717, 1.165) is 5.75 Å². The smallest absolute Gasteiger partial charge is 0.335 e. The maximum atomic E-state index is 11.8. The van der Waals surface area contributed by atoms with Crippen molar-refractivity contribution in [2.45, 2.75) is 6.92 Å². The summed E-state index contributed by atoms with van der Waals surface area (Å²) < 4.78 is 5.32. The lowest BCUT2D eigenvalue weighted by Crippen LogP contribution is -2.19. The zero-order valence-corrected chi connectivity index (χ0v) is 12.0. The molecule has 114 valence electrons. The molecule has 0 saturated heterocycles. The van der Waals surface area contributed by atoms with Crippen LogP contribution in [0.5, 0.6) is 5.75 Å². The van der Waals surface area contributed by atoms with Crippen LogP contribution in [0.2, 0.25) is 0 Å². The van der Waals surface area contributed by atoms with Gasteiger partial charge in [0.2, 0.25) is 0 Å². The van der Waals surface area contributed by atoms with E-state index in [1.165, 1.54) is 24.3 Å². The second kappa shape index (κ2) is 7.12. The fourth-order valence-corrected chi connectivity index (χ4v) is 1.79. The van der Waals surface area contributed by atoms with E-state index >= 15 is 0 Å². The molecular formula is C16H16N2O4. The van der Waals surface area contributed by atoms with Crippen molar-refractivity contribution in [1.29, 1.82) is 0 Å². The summed E-state index contributed by atoms with van der Waals surface area (Å²) in [5, 5.41) is 14.1. The number of benzene rings is 2. The topological polar surface area (TPSA) is 87.7 Å². The van der Waals surface area contributed by atoms with Gasteiger partial charge in [-0.3, -0.25) is 0 Å². The Kier molecular flexibility index (Phi) is 4.98. The van der Waals surface area contributed by atoms with Crippen molar-refractivity contribution < 1.29 is 19.4 Å². The monoisotopic (exact) mass is 300 g/mol. The second-order valence-corrected chi connectivity index (χ2v) is 4.42. The largest absolute Gasteiger partial charge is 0.494 e. The number of carboxylic acids is 1. The van der Waals surface area contributed by atoms with Crippen LogP contribution < -0.4 is 15.4 Å². The first-order valence-electron chi connectivity index (χ1n) is 6.72. The number of ether oxygens (including phenoxy) is 1. The van der Waals surface area contributed by atoms with Crippen LogP contribution in [-0.2, 0) is 0 Å². The van der Waals surface area contributed by atoms with Crippen LogP contribution in [0.25, 0.3) is 0 Å². The first-order valence-corrected chi connectivity index (χ1v) is 6.72. The molecule has 0 radical (unpaired) electrons. The lowest BCUT2D eigenvalue weighted by Gasteiger charge is -2.09. The highest BCUT2D eigenvalue weighted by molar-refractivity contribution is 6.00. The fraction of sp³-hybridized carbons (Fsp3) is 0.125. The Bertz CT molecular complexity index is 651. The summed E-state index contributed by atoms with van der Waals surface area (Å²) >= 11 is 0. The minimum atomic E-state index is -1.01. The van der Waals surface area contributed by atoms with Crippen LogP contribution in [-0.4, -0.2) is 23.7 Å². The number of carbonyl (C=O) groups is 2. The molecule has 6 nitrogen and oxygen atoms in total. The third-order valence-corrected chi connectivity index (χ3v) is 2.81. The zero-order chi connectivity index (χ0) is 15.9. The summed E-state index contributed by atoms with van der Waals surface area (Å²) in [5.74, 6) is -0.275. The number of carbonyl (C=O) groups excluding carboxylic acids is 1. The molecule has 0 fully saturated rings. The number of hydrogen-bond donors (Lipinski definition) is 3. The van der Waals surface area contributed by atoms with Gasteiger partial charge in [0.25, 0.3) is 0 Å². The Morgan fingerprint density at radius 1 is 0.955 bits per heavy atom. The minimum Gasteiger partial charge on any atom is -0.494 e. The van der Waals surface area contributed by atoms with Gasteiger partial charge in [0, 0.05) is 11.4 Å². The summed E-state index contributed by atoms with van der Waals surface area (Å²) in [6.45, 7) is 2.48. The van der Waals surface area contributed by atoms with Gasteiger partial charge in [0.15, 0.2) is 0 Å². The number of carboxylic acid groups (broad SMARTS) is 1. The molecular weight excluding hydrogens is 284 g/mol. The van der Waals surface area contributed by atoms with Crippen LogP contribution in [0, 0.1) is 0 Å². The maximum absolute atomic E-state index is 11.8. The molecule has 0 aliphatic rings. The van der Waals surface area contributed by atoms with E-state index in [1.54, 1.807) is 24.3 Å². The highest BCUT2D eigenvalue weighted by atomic mass is 16.5. The Labute approximate surface area is 127 Å². The second-order valence-electron chi connectivity index (χ2n) is 4.42. The van der Waals surface area contributed by atoms with Gasteiger partial charge in [0.1, 0.15) is 5.75 Å². The Morgan fingerprint density at radius 2 is 1.45 bits per heavy atom. The molecule has 0 aliphatic heterocycles. The van der Waals surface area contributed by atoms with Gasteiger partial charge >= 0.3 is 12.0 Å². The number of aromatic carboxylic acids is 1. The average Bonchev–Trinajstić information content (AvgIpc) is 2.50. The predicted molar refractivity (Wildman–Crippen MR) is 83.7 cm³/mol. The molecule has 22 heavy (non-hydrogen) atoms. The molecule has 6 heteroatoms. The average molecular weight is 300 g/mol. The SMILES string of the molecule is CCOc1ccc(NC(=O)Nc2ccc(C(=O)O)cc2)cc1. The van der Waals surface area contributed by atoms with E-state index in [-0.39, 0.29) is 5.56 Å². The van der Waals surface area contributed by atoms with E-state index in [2.05, 4.69) is 10.6 Å². The van der Waals surface area contributed by atoms with Crippen LogP contribution in [0.4, 0.5) is 16.2 Å². The summed E-state index contributed by atoms with van der Waals surface area (Å²) in [7, 11) is 0. The Hall–Kier alpha value is -3.02. The fourth-order valence-electron chi connectivity index (χ4n) is 1.79. The van der Waals surface area contributed by atoms with Crippen molar-refractivity contribution in [3.8, 4) is 5.75 Å². The van der Waals surface area contributed by atoms with Crippen molar-refractivity contribution in [1.82, 2.24) is 0 Å². The van der Waals surface area contributed by atoms with Gasteiger partial charge in [-0.2, -0.15) is 0 Å². The van der Waals surface area contributed by atoms with Crippen molar-refractivity contribution in [2.75, 3.05) is 17.2 Å². The summed E-state index contributed by atoms with van der Waals surface area (Å²) in [6.07, 6.45) is 0. The minimum absolute atomic E-state index is 0.164. The standard InChI is InChI=1S/C16H16N2O4/c1-2-22-14-9-7-13(8-10-14)18-16(21)17-12-5-3-11(4-6-12)15(19)20/h3-10H,2H2,1H3,(H,19,20)(H2,17,18,21). The highest BCUT2D eigenvalue weighted by Crippen LogP contribution is 2.16. The van der Waals surface area contributed by atoms with Crippen molar-refractivity contribution in [2.24, 2.45) is 0 Å². The predicted octanol–water partition coefficient (Wildman–Crippen LogP) is 3.43.